The number of carbonyl (C=O) groups excluding carboxylic acids is 4. The Balaban J connectivity index is 1.38. The highest BCUT2D eigenvalue weighted by Gasteiger charge is 2.61. The van der Waals surface area contributed by atoms with Crippen molar-refractivity contribution in [3.05, 3.63) is 60.7 Å². The number of benzene rings is 2. The molecule has 4 amide bonds. The summed E-state index contributed by atoms with van der Waals surface area (Å²) < 4.78 is 78.6. The van der Waals surface area contributed by atoms with Crippen LogP contribution in [0, 0.1) is 11.8 Å². The summed E-state index contributed by atoms with van der Waals surface area (Å²) in [6, 6.07) is 11.8. The van der Waals surface area contributed by atoms with Gasteiger partial charge in [-0.3, -0.25) is 19.1 Å². The minimum absolute atomic E-state index is 0.0289. The molecule has 0 unspecified atom stereocenters. The molecule has 0 radical (unpaired) electrons. The quantitative estimate of drug-likeness (QED) is 0.183. The summed E-state index contributed by atoms with van der Waals surface area (Å²) in [4.78, 5) is 62.6. The number of fused-ring (bicyclic) bond motifs is 3. The van der Waals surface area contributed by atoms with Gasteiger partial charge in [-0.15, -0.1) is 0 Å². The fraction of sp³-hybridized carbons (Fsp3) is 0.533. The molecular formula is C45H57F2N5O10S. The number of hydrogen-bond acceptors (Lipinski definition) is 11. The molecule has 3 aromatic rings. The Hall–Kier alpha value is -5.52. The third kappa shape index (κ3) is 11.0. The highest BCUT2D eigenvalue weighted by atomic mass is 32.2. The number of alkyl halides is 2. The summed E-state index contributed by atoms with van der Waals surface area (Å²) in [7, 11) is -2.48. The van der Waals surface area contributed by atoms with E-state index in [2.05, 4.69) is 10.6 Å². The van der Waals surface area contributed by atoms with E-state index in [0.29, 0.717) is 66.5 Å². The highest BCUT2D eigenvalue weighted by Crippen LogP contribution is 2.46. The van der Waals surface area contributed by atoms with Crippen molar-refractivity contribution < 1.29 is 55.3 Å². The molecule has 342 valence electrons. The molecule has 0 spiro atoms. The first-order chi connectivity index (χ1) is 29.5. The number of alkyl carbamates (subject to hydrolysis) is 1. The lowest BCUT2D eigenvalue weighted by molar-refractivity contribution is -0.152. The number of ether oxygens (including phenoxy) is 4. The zero-order valence-corrected chi connectivity index (χ0v) is 37.6. The Kier molecular flexibility index (Phi) is 13.6. The lowest BCUT2D eigenvalue weighted by Crippen LogP contribution is -2.59. The number of rotatable bonds is 11. The van der Waals surface area contributed by atoms with Crippen molar-refractivity contribution >= 4 is 44.7 Å². The molecule has 1 saturated carbocycles. The summed E-state index contributed by atoms with van der Waals surface area (Å²) in [5, 5.41) is 5.94. The van der Waals surface area contributed by atoms with Crippen LogP contribution in [0.25, 0.3) is 22.2 Å². The van der Waals surface area contributed by atoms with Gasteiger partial charge in [0.2, 0.25) is 21.8 Å². The van der Waals surface area contributed by atoms with Crippen molar-refractivity contribution in [2.45, 2.75) is 121 Å². The second-order valence-electron chi connectivity index (χ2n) is 17.6. The summed E-state index contributed by atoms with van der Waals surface area (Å²) in [6.45, 7) is 8.18. The van der Waals surface area contributed by atoms with Crippen molar-refractivity contribution in [1.82, 2.24) is 25.2 Å². The first kappa shape index (κ1) is 47.0. The molecule has 6 rings (SSSR count). The largest absolute Gasteiger partial charge is 0.497 e. The van der Waals surface area contributed by atoms with Gasteiger partial charge in [0.1, 0.15) is 41.0 Å². The molecule has 1 saturated heterocycles. The summed E-state index contributed by atoms with van der Waals surface area (Å²) in [5.74, 6) is -5.26. The smallest absolute Gasteiger partial charge is 0.408 e. The SMILES string of the molecule is COc1ccc2c(O[C@@H]3C[C@H]4C(=O)N[C@]5(C(=O)NS(C)(=O)=O)C[C@H]5/C=C\CCCC[C@@H](C)[C@H](NC(=O)OC(C)(C)C(C)(F)F)C(=O)N4C3)cc(-c3ccc(OC(C)C)cc3)nc2c1. The third-order valence-electron chi connectivity index (χ3n) is 11.8. The molecule has 3 aliphatic rings. The second kappa shape index (κ2) is 18.3. The van der Waals surface area contributed by atoms with E-state index < -0.39 is 80.9 Å². The van der Waals surface area contributed by atoms with Crippen LogP contribution in [-0.2, 0) is 29.1 Å². The highest BCUT2D eigenvalue weighted by molar-refractivity contribution is 7.89. The number of pyridine rings is 1. The number of halogens is 2. The van der Waals surface area contributed by atoms with Crippen LogP contribution in [0.1, 0.15) is 80.1 Å². The molecule has 3 heterocycles. The predicted octanol–water partition coefficient (Wildman–Crippen LogP) is 6.29. The van der Waals surface area contributed by atoms with Crippen molar-refractivity contribution in [2.24, 2.45) is 11.8 Å². The number of nitrogens with zero attached hydrogens (tertiary/aromatic N) is 2. The number of nitrogens with one attached hydrogen (secondary N) is 3. The van der Waals surface area contributed by atoms with E-state index in [0.717, 1.165) is 25.7 Å². The zero-order valence-electron chi connectivity index (χ0n) is 36.8. The number of amides is 4. The van der Waals surface area contributed by atoms with Crippen molar-refractivity contribution in [3.8, 4) is 28.5 Å². The minimum atomic E-state index is -4.02. The van der Waals surface area contributed by atoms with Gasteiger partial charge in [-0.25, -0.2) is 27.0 Å². The molecule has 2 fully saturated rings. The van der Waals surface area contributed by atoms with Gasteiger partial charge in [0, 0.05) is 42.3 Å². The van der Waals surface area contributed by atoms with E-state index in [1.54, 1.807) is 37.3 Å². The normalized spacial score (nSPS) is 25.1. The standard InChI is InChI=1S/C45H57F2N5O10S/c1-26(2)60-30-17-15-28(16-18-30)34-23-37(33-20-19-31(59-7)21-35(33)48-34)61-32-22-36-39(53)50-45(41(55)51-63(8,57)58)24-29(45)14-12-10-9-11-13-27(3)38(40(54)52(36)25-32)49-42(56)62-43(4,5)44(6,46)47/h12,14-21,23,26-27,29,32,36,38H,9-11,13,22,24-25H2,1-8H3,(H,49,56)(H,50,53)(H,51,55)/b14-12-/t27-,29-,32-,36+,38+,45-/m1/s1. The first-order valence-corrected chi connectivity index (χ1v) is 23.0. The Morgan fingerprint density at radius 3 is 2.38 bits per heavy atom. The van der Waals surface area contributed by atoms with Crippen molar-refractivity contribution in [1.29, 1.82) is 0 Å². The van der Waals surface area contributed by atoms with Crippen molar-refractivity contribution in [2.75, 3.05) is 19.9 Å². The minimum Gasteiger partial charge on any atom is -0.497 e. The van der Waals surface area contributed by atoms with Crippen LogP contribution in [0.15, 0.2) is 60.7 Å². The van der Waals surface area contributed by atoms with E-state index in [1.165, 1.54) is 12.0 Å². The number of methoxy groups -OCH3 is 1. The summed E-state index contributed by atoms with van der Waals surface area (Å²) in [6.07, 6.45) is 4.69. The topological polar surface area (TPSA) is 192 Å². The molecule has 1 aromatic heterocycles. The van der Waals surface area contributed by atoms with Crippen LogP contribution < -0.4 is 29.6 Å². The van der Waals surface area contributed by atoms with Gasteiger partial charge >= 0.3 is 6.09 Å². The molecular weight excluding hydrogens is 841 g/mol. The maximum atomic E-state index is 14.9. The molecule has 15 nitrogen and oxygen atoms in total. The number of sulfonamides is 1. The van der Waals surface area contributed by atoms with Gasteiger partial charge in [-0.1, -0.05) is 25.5 Å². The average Bonchev–Trinajstić information content (AvgIpc) is 3.72. The van der Waals surface area contributed by atoms with Gasteiger partial charge in [0.15, 0.2) is 5.60 Å². The number of carbonyl (C=O) groups is 4. The number of allylic oxidation sites excluding steroid dienone is 1. The van der Waals surface area contributed by atoms with Crippen LogP contribution in [0.2, 0.25) is 0 Å². The maximum absolute atomic E-state index is 14.9. The van der Waals surface area contributed by atoms with Crippen LogP contribution in [-0.4, -0.2) is 103 Å². The van der Waals surface area contributed by atoms with Crippen molar-refractivity contribution in [3.63, 3.8) is 0 Å². The van der Waals surface area contributed by atoms with E-state index in [9.17, 15) is 36.4 Å². The maximum Gasteiger partial charge on any atom is 0.408 e. The van der Waals surface area contributed by atoms with Gasteiger partial charge in [0.25, 0.3) is 11.8 Å². The Morgan fingerprint density at radius 2 is 1.73 bits per heavy atom. The Morgan fingerprint density at radius 1 is 1.03 bits per heavy atom. The van der Waals surface area contributed by atoms with Crippen LogP contribution in [0.3, 0.4) is 0 Å². The average molecular weight is 898 g/mol. The second-order valence-corrected chi connectivity index (χ2v) is 19.4. The lowest BCUT2D eigenvalue weighted by Gasteiger charge is -2.34. The number of aromatic nitrogens is 1. The van der Waals surface area contributed by atoms with Gasteiger partial charge < -0.3 is 34.5 Å². The lowest BCUT2D eigenvalue weighted by atomic mass is 9.93. The molecule has 0 bridgehead atoms. The molecule has 3 N–H and O–H groups in total. The van der Waals surface area contributed by atoms with Crippen LogP contribution in [0.4, 0.5) is 13.6 Å². The molecule has 2 aliphatic heterocycles. The zero-order chi connectivity index (χ0) is 46.1. The first-order valence-electron chi connectivity index (χ1n) is 21.1. The molecule has 2 aromatic carbocycles. The Labute approximate surface area is 366 Å². The number of hydrogen-bond donors (Lipinski definition) is 3. The monoisotopic (exact) mass is 897 g/mol. The van der Waals surface area contributed by atoms with E-state index in [4.69, 9.17) is 23.9 Å². The Bertz CT molecular complexity index is 2350. The van der Waals surface area contributed by atoms with E-state index in [1.807, 2.05) is 48.9 Å². The van der Waals surface area contributed by atoms with Gasteiger partial charge in [0.05, 0.1) is 37.2 Å². The fourth-order valence-corrected chi connectivity index (χ4v) is 8.40. The molecule has 63 heavy (non-hydrogen) atoms. The van der Waals surface area contributed by atoms with Crippen LogP contribution >= 0.6 is 0 Å². The fourth-order valence-electron chi connectivity index (χ4n) is 7.88. The molecule has 6 atom stereocenters. The molecule has 1 aliphatic carbocycles. The van der Waals surface area contributed by atoms with Crippen LogP contribution in [0.5, 0.6) is 17.2 Å². The van der Waals surface area contributed by atoms with E-state index in [-0.39, 0.29) is 25.5 Å². The predicted molar refractivity (Wildman–Crippen MR) is 231 cm³/mol. The van der Waals surface area contributed by atoms with Gasteiger partial charge in [-0.2, -0.15) is 0 Å². The summed E-state index contributed by atoms with van der Waals surface area (Å²) in [5.41, 5.74) is -2.02. The summed E-state index contributed by atoms with van der Waals surface area (Å²) >= 11 is 0. The van der Waals surface area contributed by atoms with Gasteiger partial charge in [-0.05, 0) is 95.7 Å². The molecule has 18 heteroatoms. The van der Waals surface area contributed by atoms with E-state index >= 15 is 0 Å². The third-order valence-corrected chi connectivity index (χ3v) is 12.4.